The number of carbonyl (C=O) groups is 1. The van der Waals surface area contributed by atoms with E-state index in [1.165, 1.54) is 32.5 Å². The van der Waals surface area contributed by atoms with Crippen molar-refractivity contribution in [2.24, 2.45) is 5.92 Å². The molecule has 2 heterocycles. The van der Waals surface area contributed by atoms with Crippen molar-refractivity contribution in [1.29, 1.82) is 0 Å². The molecule has 2 aliphatic rings. The van der Waals surface area contributed by atoms with E-state index in [-0.39, 0.29) is 17.4 Å². The highest BCUT2D eigenvalue weighted by Crippen LogP contribution is 2.24. The highest BCUT2D eigenvalue weighted by molar-refractivity contribution is 5.79. The molecule has 2 aliphatic heterocycles. The largest absolute Gasteiger partial charge is 0.351 e. The van der Waals surface area contributed by atoms with Gasteiger partial charge in [-0.3, -0.25) is 9.69 Å². The molecule has 0 unspecified atom stereocenters. The number of hydrogen-bond donors (Lipinski definition) is 1. The van der Waals surface area contributed by atoms with Crippen molar-refractivity contribution >= 4 is 5.91 Å². The van der Waals surface area contributed by atoms with Crippen LogP contribution in [0.1, 0.15) is 46.5 Å². The zero-order valence-electron chi connectivity index (χ0n) is 13.6. The van der Waals surface area contributed by atoms with Gasteiger partial charge in [0.1, 0.15) is 0 Å². The second-order valence-corrected chi connectivity index (χ2v) is 7.61. The lowest BCUT2D eigenvalue weighted by molar-refractivity contribution is -0.128. The van der Waals surface area contributed by atoms with Crippen LogP contribution in [0.15, 0.2) is 0 Å². The predicted octanol–water partition coefficient (Wildman–Crippen LogP) is 1.71. The van der Waals surface area contributed by atoms with Crippen LogP contribution in [0, 0.1) is 5.92 Å². The van der Waals surface area contributed by atoms with Crippen molar-refractivity contribution in [1.82, 2.24) is 15.1 Å². The first kappa shape index (κ1) is 15.8. The quantitative estimate of drug-likeness (QED) is 0.837. The van der Waals surface area contributed by atoms with Crippen LogP contribution >= 0.6 is 0 Å². The van der Waals surface area contributed by atoms with E-state index in [1.807, 2.05) is 0 Å². The highest BCUT2D eigenvalue weighted by Gasteiger charge is 2.32. The summed E-state index contributed by atoms with van der Waals surface area (Å²) < 4.78 is 0. The first-order valence-electron chi connectivity index (χ1n) is 8.10. The number of amides is 1. The van der Waals surface area contributed by atoms with Gasteiger partial charge in [-0.05, 0) is 73.1 Å². The summed E-state index contributed by atoms with van der Waals surface area (Å²) in [6, 6.07) is 0.691. The molecular weight excluding hydrogens is 250 g/mol. The molecule has 1 N–H and O–H groups in total. The predicted molar refractivity (Wildman–Crippen MR) is 82.7 cm³/mol. The van der Waals surface area contributed by atoms with Gasteiger partial charge in [0, 0.05) is 18.1 Å². The van der Waals surface area contributed by atoms with Crippen LogP contribution in [0.25, 0.3) is 0 Å². The van der Waals surface area contributed by atoms with Crippen LogP contribution in [-0.2, 0) is 4.79 Å². The lowest BCUT2D eigenvalue weighted by Crippen LogP contribution is -2.52. The number of piperidine rings is 2. The third-order valence-corrected chi connectivity index (χ3v) is 4.53. The lowest BCUT2D eigenvalue weighted by atomic mass is 9.92. The molecule has 0 aromatic carbocycles. The summed E-state index contributed by atoms with van der Waals surface area (Å²) in [5, 5.41) is 3.15. The van der Waals surface area contributed by atoms with Gasteiger partial charge in [0.15, 0.2) is 0 Å². The molecule has 20 heavy (non-hydrogen) atoms. The van der Waals surface area contributed by atoms with E-state index in [0.29, 0.717) is 6.04 Å². The van der Waals surface area contributed by atoms with Crippen LogP contribution in [0.5, 0.6) is 0 Å². The fourth-order valence-electron chi connectivity index (χ4n) is 3.38. The summed E-state index contributed by atoms with van der Waals surface area (Å²) in [5.74, 6) is 0.428. The number of nitrogens with one attached hydrogen (secondary N) is 1. The normalized spacial score (nSPS) is 27.5. The number of hydrogen-bond acceptors (Lipinski definition) is 3. The molecular formula is C16H31N3O. The Kier molecular flexibility index (Phi) is 5.08. The van der Waals surface area contributed by atoms with E-state index >= 15 is 0 Å². The van der Waals surface area contributed by atoms with Gasteiger partial charge in [0.2, 0.25) is 5.91 Å². The minimum absolute atomic E-state index is 0.118. The second kappa shape index (κ2) is 6.44. The molecule has 0 spiro atoms. The van der Waals surface area contributed by atoms with Crippen molar-refractivity contribution < 1.29 is 4.79 Å². The maximum Gasteiger partial charge on any atom is 0.224 e. The second-order valence-electron chi connectivity index (χ2n) is 7.61. The van der Waals surface area contributed by atoms with E-state index in [2.05, 4.69) is 42.9 Å². The molecule has 0 bridgehead atoms. The molecule has 0 aliphatic carbocycles. The van der Waals surface area contributed by atoms with Crippen LogP contribution in [0.2, 0.25) is 0 Å². The molecule has 2 rings (SSSR count). The standard InChI is InChI=1S/C16H31N3O/c1-16(2,3)17-15(20)13-6-5-9-19(12-13)14-7-10-18(4)11-8-14/h13-14H,5-12H2,1-4H3,(H,17,20)/t13-/m0/s1. The molecule has 1 atom stereocenters. The first-order valence-corrected chi connectivity index (χ1v) is 8.10. The summed E-state index contributed by atoms with van der Waals surface area (Å²) in [4.78, 5) is 17.3. The van der Waals surface area contributed by atoms with Crippen molar-refractivity contribution in [3.05, 3.63) is 0 Å². The van der Waals surface area contributed by atoms with Crippen LogP contribution in [0.4, 0.5) is 0 Å². The third kappa shape index (κ3) is 4.45. The molecule has 4 nitrogen and oxygen atoms in total. The smallest absolute Gasteiger partial charge is 0.224 e. The lowest BCUT2D eigenvalue weighted by Gasteiger charge is -2.41. The summed E-state index contributed by atoms with van der Waals surface area (Å²) in [7, 11) is 2.20. The van der Waals surface area contributed by atoms with Gasteiger partial charge in [-0.1, -0.05) is 0 Å². The molecule has 4 heteroatoms. The molecule has 2 saturated heterocycles. The van der Waals surface area contributed by atoms with Gasteiger partial charge < -0.3 is 10.2 Å². The summed E-state index contributed by atoms with van der Waals surface area (Å²) in [6.07, 6.45) is 4.72. The van der Waals surface area contributed by atoms with Crippen molar-refractivity contribution in [3.8, 4) is 0 Å². The first-order chi connectivity index (χ1) is 9.35. The minimum Gasteiger partial charge on any atom is -0.351 e. The van der Waals surface area contributed by atoms with Crippen molar-refractivity contribution in [2.75, 3.05) is 33.2 Å². The van der Waals surface area contributed by atoms with Crippen molar-refractivity contribution in [3.63, 3.8) is 0 Å². The molecule has 0 saturated carbocycles. The number of likely N-dealkylation sites (tertiary alicyclic amines) is 2. The van der Waals surface area contributed by atoms with Gasteiger partial charge in [0.25, 0.3) is 0 Å². The summed E-state index contributed by atoms with van der Waals surface area (Å²) >= 11 is 0. The average molecular weight is 281 g/mol. The van der Waals surface area contributed by atoms with E-state index in [4.69, 9.17) is 0 Å². The maximum absolute atomic E-state index is 12.3. The molecule has 2 fully saturated rings. The Morgan fingerprint density at radius 1 is 1.10 bits per heavy atom. The molecule has 1 amide bonds. The van der Waals surface area contributed by atoms with E-state index < -0.39 is 0 Å². The summed E-state index contributed by atoms with van der Waals surface area (Å²) in [5.41, 5.74) is -0.118. The van der Waals surface area contributed by atoms with Crippen molar-refractivity contribution in [2.45, 2.75) is 58.0 Å². The van der Waals surface area contributed by atoms with E-state index in [0.717, 1.165) is 19.4 Å². The fraction of sp³-hybridized carbons (Fsp3) is 0.938. The van der Waals surface area contributed by atoms with Crippen LogP contribution in [0.3, 0.4) is 0 Å². The monoisotopic (exact) mass is 281 g/mol. The van der Waals surface area contributed by atoms with Gasteiger partial charge in [-0.2, -0.15) is 0 Å². The van der Waals surface area contributed by atoms with Crippen LogP contribution < -0.4 is 5.32 Å². The topological polar surface area (TPSA) is 35.6 Å². The Balaban J connectivity index is 1.86. The zero-order valence-corrected chi connectivity index (χ0v) is 13.6. The third-order valence-electron chi connectivity index (χ3n) is 4.53. The Bertz CT molecular complexity index is 329. The van der Waals surface area contributed by atoms with Gasteiger partial charge >= 0.3 is 0 Å². The van der Waals surface area contributed by atoms with Gasteiger partial charge in [0.05, 0.1) is 5.92 Å². The highest BCUT2D eigenvalue weighted by atomic mass is 16.2. The summed E-state index contributed by atoms with van der Waals surface area (Å²) in [6.45, 7) is 10.7. The minimum atomic E-state index is -0.118. The Morgan fingerprint density at radius 3 is 2.35 bits per heavy atom. The number of rotatable bonds is 2. The number of carbonyl (C=O) groups excluding carboxylic acids is 1. The zero-order chi connectivity index (χ0) is 14.8. The average Bonchev–Trinajstić information content (AvgIpc) is 2.38. The van der Waals surface area contributed by atoms with Gasteiger partial charge in [-0.15, -0.1) is 0 Å². The van der Waals surface area contributed by atoms with Gasteiger partial charge in [-0.25, -0.2) is 0 Å². The molecule has 0 radical (unpaired) electrons. The molecule has 0 aromatic heterocycles. The maximum atomic E-state index is 12.3. The number of nitrogens with zero attached hydrogens (tertiary/aromatic N) is 2. The Morgan fingerprint density at radius 2 is 1.75 bits per heavy atom. The van der Waals surface area contributed by atoms with E-state index in [9.17, 15) is 4.79 Å². The fourth-order valence-corrected chi connectivity index (χ4v) is 3.38. The van der Waals surface area contributed by atoms with E-state index in [1.54, 1.807) is 0 Å². The Hall–Kier alpha value is -0.610. The van der Waals surface area contributed by atoms with Crippen LogP contribution in [-0.4, -0.2) is 60.5 Å². The SMILES string of the molecule is CN1CCC(N2CCC[C@H](C(=O)NC(C)(C)C)C2)CC1. The molecule has 0 aromatic rings. The Labute approximate surface area is 123 Å². The molecule has 116 valence electrons.